The van der Waals surface area contributed by atoms with E-state index in [4.69, 9.17) is 9.51 Å². The largest absolute Gasteiger partial charge is 0.417 e. The molecule has 4 fully saturated rings. The predicted molar refractivity (Wildman–Crippen MR) is 161 cm³/mol. The Kier molecular flexibility index (Phi) is 7.67. The molecule has 2 aromatic heterocycles. The van der Waals surface area contributed by atoms with Crippen LogP contribution in [0.15, 0.2) is 47.0 Å². The molecule has 4 saturated carbocycles. The highest BCUT2D eigenvalue weighted by Crippen LogP contribution is 2.58. The van der Waals surface area contributed by atoms with E-state index in [1.807, 2.05) is 12.1 Å². The highest BCUT2D eigenvalue weighted by molar-refractivity contribution is 5.95. The summed E-state index contributed by atoms with van der Waals surface area (Å²) in [5, 5.41) is 24.6. The van der Waals surface area contributed by atoms with Crippen molar-refractivity contribution in [3.63, 3.8) is 0 Å². The monoisotopic (exact) mass is 644 g/mol. The summed E-state index contributed by atoms with van der Waals surface area (Å²) in [5.74, 6) is -0.703. The number of aliphatic hydroxyl groups is 2. The van der Waals surface area contributed by atoms with Crippen LogP contribution in [0.3, 0.4) is 0 Å². The first-order chi connectivity index (χ1) is 21.3. The molecule has 0 atom stereocenters. The number of benzene rings is 1. The first kappa shape index (κ1) is 32.6. The van der Waals surface area contributed by atoms with Gasteiger partial charge in [-0.05, 0) is 102 Å². The summed E-state index contributed by atoms with van der Waals surface area (Å²) < 4.78 is 60.2. The molecule has 1 amide bonds. The number of rotatable bonds is 8. The SMILES string of the molecule is CC(C)(O)c1ccc(-c2cccc(N(CC34CCC(c5noc(C(C)(C)F)n5)(CC3)CC4)C(=O)[C@H]3C[C@](O)(C(F)(F)F)C3)n2)cc1. The minimum Gasteiger partial charge on any atom is -0.386 e. The van der Waals surface area contributed by atoms with E-state index >= 15 is 0 Å². The number of hydrogen-bond acceptors (Lipinski definition) is 7. The second-order valence-electron chi connectivity index (χ2n) is 14.8. The molecule has 0 saturated heterocycles. The number of amides is 1. The van der Waals surface area contributed by atoms with Crippen LogP contribution in [0.2, 0.25) is 0 Å². The van der Waals surface area contributed by atoms with Crippen LogP contribution < -0.4 is 4.90 Å². The van der Waals surface area contributed by atoms with Gasteiger partial charge in [0.25, 0.3) is 5.89 Å². The summed E-state index contributed by atoms with van der Waals surface area (Å²) in [4.78, 5) is 24.7. The van der Waals surface area contributed by atoms with Gasteiger partial charge in [-0.15, -0.1) is 0 Å². The third-order valence-electron chi connectivity index (χ3n) is 10.5. The van der Waals surface area contributed by atoms with Crippen LogP contribution in [0.25, 0.3) is 11.3 Å². The van der Waals surface area contributed by atoms with Crippen molar-refractivity contribution in [2.24, 2.45) is 11.3 Å². The lowest BCUT2D eigenvalue weighted by Crippen LogP contribution is -2.60. The van der Waals surface area contributed by atoms with Crippen LogP contribution in [0.1, 0.15) is 96.3 Å². The average Bonchev–Trinajstić information content (AvgIpc) is 3.51. The predicted octanol–water partition coefficient (Wildman–Crippen LogP) is 6.89. The number of alkyl halides is 4. The van der Waals surface area contributed by atoms with Gasteiger partial charge in [-0.3, -0.25) is 9.69 Å². The molecule has 2 N–H and O–H groups in total. The molecule has 46 heavy (non-hydrogen) atoms. The van der Waals surface area contributed by atoms with E-state index in [-0.39, 0.29) is 23.3 Å². The zero-order valence-corrected chi connectivity index (χ0v) is 26.5. The maximum atomic E-state index is 14.5. The van der Waals surface area contributed by atoms with E-state index in [0.717, 1.165) is 30.4 Å². The quantitative estimate of drug-likeness (QED) is 0.257. The summed E-state index contributed by atoms with van der Waals surface area (Å²) in [6, 6.07) is 12.5. The normalized spacial score (nSPS) is 28.2. The molecular weight excluding hydrogens is 604 g/mol. The van der Waals surface area contributed by atoms with Crippen molar-refractivity contribution < 1.29 is 37.1 Å². The van der Waals surface area contributed by atoms with E-state index < -0.39 is 47.7 Å². The van der Waals surface area contributed by atoms with Crippen molar-refractivity contribution in [2.75, 3.05) is 11.4 Å². The molecule has 3 aromatic rings. The molecule has 2 bridgehead atoms. The Morgan fingerprint density at radius 3 is 2.07 bits per heavy atom. The van der Waals surface area contributed by atoms with Crippen LogP contribution in [-0.2, 0) is 21.5 Å². The molecule has 0 radical (unpaired) electrons. The van der Waals surface area contributed by atoms with Crippen molar-refractivity contribution in [2.45, 2.75) is 108 Å². The van der Waals surface area contributed by atoms with E-state index in [1.165, 1.54) is 18.7 Å². The van der Waals surface area contributed by atoms with E-state index in [0.29, 0.717) is 36.6 Å². The third kappa shape index (κ3) is 5.83. The molecule has 0 aliphatic heterocycles. The topological polar surface area (TPSA) is 113 Å². The number of anilines is 1. The number of hydrogen-bond donors (Lipinski definition) is 2. The fourth-order valence-corrected chi connectivity index (χ4v) is 7.29. The molecule has 2 heterocycles. The fraction of sp³-hybridized carbons (Fsp3) is 0.588. The first-order valence-corrected chi connectivity index (χ1v) is 15.8. The molecule has 4 aliphatic rings. The van der Waals surface area contributed by atoms with Gasteiger partial charge < -0.3 is 14.7 Å². The molecular formula is C34H40F4N4O4. The number of carbonyl (C=O) groups is 1. The maximum absolute atomic E-state index is 14.5. The summed E-state index contributed by atoms with van der Waals surface area (Å²) in [6.45, 7) is 6.38. The minimum atomic E-state index is -4.82. The van der Waals surface area contributed by atoms with Gasteiger partial charge in [0, 0.05) is 23.4 Å². The van der Waals surface area contributed by atoms with Gasteiger partial charge in [0.15, 0.2) is 17.1 Å². The number of nitrogens with zero attached hydrogens (tertiary/aromatic N) is 4. The van der Waals surface area contributed by atoms with Crippen LogP contribution in [0.4, 0.5) is 23.4 Å². The van der Waals surface area contributed by atoms with Crippen LogP contribution in [0.5, 0.6) is 0 Å². The van der Waals surface area contributed by atoms with Crippen molar-refractivity contribution in [1.29, 1.82) is 0 Å². The average molecular weight is 645 g/mol. The summed E-state index contributed by atoms with van der Waals surface area (Å²) >= 11 is 0. The van der Waals surface area contributed by atoms with E-state index in [2.05, 4.69) is 10.1 Å². The zero-order valence-electron chi connectivity index (χ0n) is 26.5. The van der Waals surface area contributed by atoms with Crippen molar-refractivity contribution >= 4 is 11.7 Å². The number of halogens is 4. The van der Waals surface area contributed by atoms with Crippen molar-refractivity contribution in [3.05, 3.63) is 59.7 Å². The molecule has 7 rings (SSSR count). The van der Waals surface area contributed by atoms with Crippen LogP contribution >= 0.6 is 0 Å². The molecule has 8 nitrogen and oxygen atoms in total. The van der Waals surface area contributed by atoms with E-state index in [9.17, 15) is 32.6 Å². The van der Waals surface area contributed by atoms with Gasteiger partial charge in [-0.25, -0.2) is 9.37 Å². The van der Waals surface area contributed by atoms with Crippen molar-refractivity contribution in [3.8, 4) is 11.3 Å². The van der Waals surface area contributed by atoms with Gasteiger partial charge in [0.05, 0.1) is 11.3 Å². The number of aromatic nitrogens is 3. The highest BCUT2D eigenvalue weighted by Gasteiger charge is 2.63. The van der Waals surface area contributed by atoms with Gasteiger partial charge in [-0.1, -0.05) is 35.5 Å². The number of fused-ring (bicyclic) bond motifs is 3. The number of carbonyl (C=O) groups excluding carboxylic acids is 1. The fourth-order valence-electron chi connectivity index (χ4n) is 7.29. The Bertz CT molecular complexity index is 1580. The Morgan fingerprint density at radius 2 is 1.54 bits per heavy atom. The Morgan fingerprint density at radius 1 is 0.935 bits per heavy atom. The lowest BCUT2D eigenvalue weighted by Gasteiger charge is -2.54. The van der Waals surface area contributed by atoms with Gasteiger partial charge in [-0.2, -0.15) is 18.2 Å². The maximum Gasteiger partial charge on any atom is 0.417 e. The first-order valence-electron chi connectivity index (χ1n) is 15.8. The second kappa shape index (κ2) is 10.8. The Hall–Kier alpha value is -3.38. The van der Waals surface area contributed by atoms with Crippen molar-refractivity contribution in [1.82, 2.24) is 15.1 Å². The minimum absolute atomic E-state index is 0.0592. The zero-order chi connectivity index (χ0) is 33.3. The smallest absolute Gasteiger partial charge is 0.386 e. The van der Waals surface area contributed by atoms with Gasteiger partial charge >= 0.3 is 6.18 Å². The third-order valence-corrected chi connectivity index (χ3v) is 10.5. The van der Waals surface area contributed by atoms with Crippen LogP contribution in [-0.4, -0.2) is 49.6 Å². The van der Waals surface area contributed by atoms with Gasteiger partial charge in [0.2, 0.25) is 5.91 Å². The molecule has 1 aromatic carbocycles. The van der Waals surface area contributed by atoms with E-state index in [1.54, 1.807) is 44.2 Å². The highest BCUT2D eigenvalue weighted by atomic mass is 19.4. The Labute approximate surface area is 265 Å². The summed E-state index contributed by atoms with van der Waals surface area (Å²) in [7, 11) is 0. The Balaban J connectivity index is 1.27. The lowest BCUT2D eigenvalue weighted by molar-refractivity contribution is -0.295. The molecule has 0 unspecified atom stereocenters. The molecule has 4 aliphatic carbocycles. The molecule has 0 spiro atoms. The second-order valence-corrected chi connectivity index (χ2v) is 14.8. The molecule has 248 valence electrons. The molecule has 12 heteroatoms. The van der Waals surface area contributed by atoms with Crippen LogP contribution in [0, 0.1) is 11.3 Å². The summed E-state index contributed by atoms with van der Waals surface area (Å²) in [5.41, 5.74) is -4.26. The van der Waals surface area contributed by atoms with Gasteiger partial charge in [0.1, 0.15) is 5.82 Å². The lowest BCUT2D eigenvalue weighted by atomic mass is 9.53. The summed E-state index contributed by atoms with van der Waals surface area (Å²) in [6.07, 6.45) is -1.92. The number of pyridine rings is 1. The standard InChI is InChI=1S/C34H40F4N4O4/c1-29(2,35)28-40-27(41-46-28)32-15-12-31(13-16-32,14-17-32)20-42(26(43)22-18-33(45,19-22)34(36,37)38)25-7-5-6-24(39-25)21-8-10-23(11-9-21)30(3,4)44/h5-11,22,44-45H,12-20H2,1-4H3/t22-,31?,32?,33+.